The number of nitrogen functional groups attached to an aromatic ring is 1. The van der Waals surface area contributed by atoms with E-state index in [1.54, 1.807) is 6.33 Å². The average Bonchev–Trinajstić information content (AvgIpc) is 3.10. The summed E-state index contributed by atoms with van der Waals surface area (Å²) in [5.74, 6) is 0.233. The fourth-order valence-corrected chi connectivity index (χ4v) is 3.38. The zero-order valence-electron chi connectivity index (χ0n) is 12.2. The van der Waals surface area contributed by atoms with E-state index in [0.717, 1.165) is 0 Å². The summed E-state index contributed by atoms with van der Waals surface area (Å²) < 4.78 is 19.8. The molecule has 0 radical (unpaired) electrons. The molecule has 118 valence electrons. The summed E-state index contributed by atoms with van der Waals surface area (Å²) >= 11 is 4.35. The third-order valence-electron chi connectivity index (χ3n) is 3.97. The lowest BCUT2D eigenvalue weighted by Gasteiger charge is -2.24. The van der Waals surface area contributed by atoms with Crippen molar-refractivity contribution in [1.82, 2.24) is 19.5 Å². The zero-order valence-corrected chi connectivity index (χ0v) is 13.1. The lowest BCUT2D eigenvalue weighted by molar-refractivity contribution is -0.193. The van der Waals surface area contributed by atoms with Gasteiger partial charge in [0, 0.05) is 5.75 Å². The van der Waals surface area contributed by atoms with Crippen LogP contribution in [0.5, 0.6) is 0 Å². The smallest absolute Gasteiger partial charge is 0.167 e. The Kier molecular flexibility index (Phi) is 3.09. The highest BCUT2D eigenvalue weighted by Gasteiger charge is 2.55. The van der Waals surface area contributed by atoms with Crippen LogP contribution >= 0.6 is 12.6 Å². The van der Waals surface area contributed by atoms with E-state index >= 15 is 0 Å². The molecule has 2 fully saturated rings. The van der Waals surface area contributed by atoms with E-state index in [1.165, 1.54) is 6.33 Å². The van der Waals surface area contributed by atoms with Gasteiger partial charge in [0.2, 0.25) is 0 Å². The van der Waals surface area contributed by atoms with Gasteiger partial charge < -0.3 is 19.9 Å². The molecule has 0 amide bonds. The number of ether oxygens (including phenoxy) is 3. The van der Waals surface area contributed by atoms with Gasteiger partial charge in [0.05, 0.1) is 12.4 Å². The van der Waals surface area contributed by atoms with Crippen molar-refractivity contribution in [3.8, 4) is 0 Å². The van der Waals surface area contributed by atoms with E-state index in [0.29, 0.717) is 22.7 Å². The molecule has 0 aromatic carbocycles. The van der Waals surface area contributed by atoms with Crippen LogP contribution in [-0.2, 0) is 14.2 Å². The highest BCUT2D eigenvalue weighted by Crippen LogP contribution is 2.43. The first kappa shape index (κ1) is 14.2. The zero-order chi connectivity index (χ0) is 15.5. The Balaban J connectivity index is 1.77. The predicted molar refractivity (Wildman–Crippen MR) is 81.3 cm³/mol. The maximum absolute atomic E-state index is 6.06. The molecule has 4 unspecified atom stereocenters. The minimum atomic E-state index is -0.650. The second-order valence-electron chi connectivity index (χ2n) is 5.90. The number of imidazole rings is 1. The Morgan fingerprint density at radius 3 is 2.82 bits per heavy atom. The maximum Gasteiger partial charge on any atom is 0.167 e. The van der Waals surface area contributed by atoms with E-state index in [2.05, 4.69) is 27.6 Å². The molecule has 2 saturated heterocycles. The third-order valence-corrected chi connectivity index (χ3v) is 4.33. The van der Waals surface area contributed by atoms with Gasteiger partial charge in [-0.1, -0.05) is 0 Å². The maximum atomic E-state index is 6.06. The molecular weight excluding hydrogens is 306 g/mol. The summed E-state index contributed by atoms with van der Waals surface area (Å²) in [5, 5.41) is 0. The Labute approximate surface area is 132 Å². The largest absolute Gasteiger partial charge is 0.382 e. The first-order chi connectivity index (χ1) is 10.5. The molecule has 22 heavy (non-hydrogen) atoms. The molecule has 0 spiro atoms. The van der Waals surface area contributed by atoms with E-state index in [-0.39, 0.29) is 24.5 Å². The van der Waals surface area contributed by atoms with Crippen LogP contribution in [0.3, 0.4) is 0 Å². The summed E-state index contributed by atoms with van der Waals surface area (Å²) in [6.07, 6.45) is 2.09. The Morgan fingerprint density at radius 2 is 2.05 bits per heavy atom. The molecule has 2 aliphatic heterocycles. The van der Waals surface area contributed by atoms with Gasteiger partial charge in [-0.2, -0.15) is 12.6 Å². The van der Waals surface area contributed by atoms with Gasteiger partial charge in [0.25, 0.3) is 0 Å². The molecule has 2 N–H and O–H groups in total. The third kappa shape index (κ3) is 2.00. The van der Waals surface area contributed by atoms with Crippen molar-refractivity contribution in [3.63, 3.8) is 0 Å². The van der Waals surface area contributed by atoms with Crippen molar-refractivity contribution in [2.45, 2.75) is 44.2 Å². The van der Waals surface area contributed by atoms with E-state index in [1.807, 2.05) is 18.4 Å². The molecular formula is C13H17N5O3S. The van der Waals surface area contributed by atoms with Crippen LogP contribution in [0.25, 0.3) is 11.2 Å². The predicted octanol–water partition coefficient (Wildman–Crippen LogP) is 0.756. The lowest BCUT2D eigenvalue weighted by Crippen LogP contribution is -2.30. The van der Waals surface area contributed by atoms with Gasteiger partial charge >= 0.3 is 0 Å². The summed E-state index contributed by atoms with van der Waals surface area (Å²) in [4.78, 5) is 12.5. The van der Waals surface area contributed by atoms with Gasteiger partial charge in [0.1, 0.15) is 24.1 Å². The van der Waals surface area contributed by atoms with Crippen molar-refractivity contribution in [1.29, 1.82) is 0 Å². The first-order valence-electron chi connectivity index (χ1n) is 7.05. The van der Waals surface area contributed by atoms with Crippen LogP contribution in [0.4, 0.5) is 5.82 Å². The topological polar surface area (TPSA) is 97.3 Å². The van der Waals surface area contributed by atoms with Crippen molar-refractivity contribution in [2.75, 3.05) is 11.5 Å². The van der Waals surface area contributed by atoms with Crippen molar-refractivity contribution in [3.05, 3.63) is 12.7 Å². The van der Waals surface area contributed by atoms with E-state index in [4.69, 9.17) is 19.9 Å². The number of anilines is 1. The normalized spacial score (nSPS) is 33.4. The molecule has 8 nitrogen and oxygen atoms in total. The van der Waals surface area contributed by atoms with Gasteiger partial charge in [-0.05, 0) is 13.8 Å². The van der Waals surface area contributed by atoms with Gasteiger partial charge in [-0.15, -0.1) is 0 Å². The number of hydrogen-bond donors (Lipinski definition) is 2. The van der Waals surface area contributed by atoms with Crippen LogP contribution < -0.4 is 5.73 Å². The van der Waals surface area contributed by atoms with E-state index in [9.17, 15) is 0 Å². The second-order valence-corrected chi connectivity index (χ2v) is 6.26. The van der Waals surface area contributed by atoms with Gasteiger partial charge in [0.15, 0.2) is 23.5 Å². The van der Waals surface area contributed by atoms with Gasteiger partial charge in [-0.3, -0.25) is 4.57 Å². The van der Waals surface area contributed by atoms with Crippen LogP contribution in [-0.4, -0.2) is 49.4 Å². The highest BCUT2D eigenvalue weighted by atomic mass is 32.1. The highest BCUT2D eigenvalue weighted by molar-refractivity contribution is 7.80. The number of fused-ring (bicyclic) bond motifs is 2. The Bertz CT molecular complexity index is 721. The van der Waals surface area contributed by atoms with Crippen LogP contribution in [0.1, 0.15) is 20.1 Å². The quantitative estimate of drug-likeness (QED) is 0.787. The fourth-order valence-electron chi connectivity index (χ4n) is 3.09. The molecule has 0 saturated carbocycles. The Hall–Kier alpha value is -1.42. The summed E-state index contributed by atoms with van der Waals surface area (Å²) in [7, 11) is 0. The molecule has 4 heterocycles. The number of thiol groups is 1. The number of hydrogen-bond acceptors (Lipinski definition) is 8. The lowest BCUT2D eigenvalue weighted by atomic mass is 10.1. The second kappa shape index (κ2) is 4.79. The number of nitrogens with two attached hydrogens (primary N) is 1. The molecule has 2 aromatic heterocycles. The minimum absolute atomic E-state index is 0.156. The molecule has 4 rings (SSSR count). The number of aromatic nitrogens is 4. The molecule has 0 bridgehead atoms. The summed E-state index contributed by atoms with van der Waals surface area (Å²) in [6.45, 7) is 3.79. The van der Waals surface area contributed by atoms with Crippen LogP contribution in [0.2, 0.25) is 0 Å². The van der Waals surface area contributed by atoms with Crippen molar-refractivity contribution < 1.29 is 14.2 Å². The van der Waals surface area contributed by atoms with E-state index < -0.39 is 5.79 Å². The SMILES string of the molecule is CC1(C)OC2C(CS)OC(n3cnc4c(N)ncnc43)C2O1. The standard InChI is InChI=1S/C13H17N5O3S/c1-13(2)20-8-6(3-22)19-12(9(8)21-13)18-5-17-7-10(14)15-4-16-11(7)18/h4-6,8-9,12,22H,3H2,1-2H3,(H2,14,15,16). The summed E-state index contributed by atoms with van der Waals surface area (Å²) in [5.41, 5.74) is 7.00. The average molecular weight is 323 g/mol. The minimum Gasteiger partial charge on any atom is -0.382 e. The Morgan fingerprint density at radius 1 is 1.27 bits per heavy atom. The van der Waals surface area contributed by atoms with Crippen LogP contribution in [0, 0.1) is 0 Å². The van der Waals surface area contributed by atoms with Gasteiger partial charge in [-0.25, -0.2) is 15.0 Å². The van der Waals surface area contributed by atoms with Crippen molar-refractivity contribution >= 4 is 29.6 Å². The first-order valence-corrected chi connectivity index (χ1v) is 7.68. The van der Waals surface area contributed by atoms with Crippen LogP contribution in [0.15, 0.2) is 12.7 Å². The molecule has 9 heteroatoms. The molecule has 2 aromatic rings. The molecule has 0 aliphatic carbocycles. The number of rotatable bonds is 2. The summed E-state index contributed by atoms with van der Waals surface area (Å²) in [6, 6.07) is 0. The molecule has 4 atom stereocenters. The number of nitrogens with zero attached hydrogens (tertiary/aromatic N) is 4. The molecule has 2 aliphatic rings. The monoisotopic (exact) mass is 323 g/mol. The van der Waals surface area contributed by atoms with Crippen molar-refractivity contribution in [2.24, 2.45) is 0 Å². The fraction of sp³-hybridized carbons (Fsp3) is 0.615.